The standard InChI is InChI=1S/C14H16N2O/c1-10-4-3-8-15-14(10)16-9-7-11-12(16)5-2-6-13(11)17/h3-4,7-9,13,17H,2,5-6H2,1H3. The number of aryl methyl sites for hydroxylation is 1. The molecule has 1 aliphatic rings. The monoisotopic (exact) mass is 228 g/mol. The molecule has 3 nitrogen and oxygen atoms in total. The highest BCUT2D eigenvalue weighted by Crippen LogP contribution is 2.31. The summed E-state index contributed by atoms with van der Waals surface area (Å²) in [6.07, 6.45) is 6.48. The van der Waals surface area contributed by atoms with E-state index in [1.165, 1.54) is 5.69 Å². The van der Waals surface area contributed by atoms with Gasteiger partial charge in [-0.3, -0.25) is 0 Å². The Hall–Kier alpha value is -1.61. The van der Waals surface area contributed by atoms with Gasteiger partial charge in [-0.2, -0.15) is 0 Å². The van der Waals surface area contributed by atoms with Crippen molar-refractivity contribution in [3.63, 3.8) is 0 Å². The third kappa shape index (κ3) is 1.67. The zero-order valence-corrected chi connectivity index (χ0v) is 9.93. The van der Waals surface area contributed by atoms with Crippen LogP contribution in [0.1, 0.15) is 35.8 Å². The normalized spacial score (nSPS) is 19.1. The van der Waals surface area contributed by atoms with Crippen molar-refractivity contribution in [2.75, 3.05) is 0 Å². The maximum absolute atomic E-state index is 9.96. The lowest BCUT2D eigenvalue weighted by molar-refractivity contribution is 0.156. The van der Waals surface area contributed by atoms with Gasteiger partial charge >= 0.3 is 0 Å². The third-order valence-corrected chi connectivity index (χ3v) is 3.49. The van der Waals surface area contributed by atoms with E-state index in [4.69, 9.17) is 0 Å². The molecule has 3 rings (SSSR count). The number of aromatic nitrogens is 2. The van der Waals surface area contributed by atoms with Crippen molar-refractivity contribution in [1.29, 1.82) is 0 Å². The van der Waals surface area contributed by atoms with E-state index in [0.717, 1.165) is 36.2 Å². The molecule has 17 heavy (non-hydrogen) atoms. The average Bonchev–Trinajstić information content (AvgIpc) is 2.75. The zero-order chi connectivity index (χ0) is 11.8. The first-order chi connectivity index (χ1) is 8.27. The molecule has 3 heteroatoms. The van der Waals surface area contributed by atoms with Crippen molar-refractivity contribution in [1.82, 2.24) is 9.55 Å². The minimum absolute atomic E-state index is 0.302. The van der Waals surface area contributed by atoms with Crippen molar-refractivity contribution >= 4 is 0 Å². The summed E-state index contributed by atoms with van der Waals surface area (Å²) in [5.74, 6) is 0.975. The van der Waals surface area contributed by atoms with E-state index in [1.54, 1.807) is 0 Å². The summed E-state index contributed by atoms with van der Waals surface area (Å²) in [6.45, 7) is 2.06. The van der Waals surface area contributed by atoms with Crippen molar-refractivity contribution in [2.45, 2.75) is 32.3 Å². The second-order valence-electron chi connectivity index (χ2n) is 4.64. The van der Waals surface area contributed by atoms with Crippen LogP contribution in [0, 0.1) is 6.92 Å². The summed E-state index contributed by atoms with van der Waals surface area (Å²) in [5.41, 5.74) is 3.44. The molecule has 0 bridgehead atoms. The van der Waals surface area contributed by atoms with Crippen molar-refractivity contribution in [3.05, 3.63) is 47.4 Å². The van der Waals surface area contributed by atoms with Crippen LogP contribution in [0.3, 0.4) is 0 Å². The van der Waals surface area contributed by atoms with E-state index in [0.29, 0.717) is 0 Å². The van der Waals surface area contributed by atoms with Crippen LogP contribution in [-0.2, 0) is 6.42 Å². The molecular formula is C14H16N2O. The molecule has 1 unspecified atom stereocenters. The summed E-state index contributed by atoms with van der Waals surface area (Å²) in [4.78, 5) is 4.44. The maximum Gasteiger partial charge on any atom is 0.139 e. The SMILES string of the molecule is Cc1cccnc1-n1ccc2c1CCCC2O. The average molecular weight is 228 g/mol. The lowest BCUT2D eigenvalue weighted by Gasteiger charge is -2.20. The van der Waals surface area contributed by atoms with E-state index in [1.807, 2.05) is 24.5 Å². The summed E-state index contributed by atoms with van der Waals surface area (Å²) in [6, 6.07) is 6.03. The number of aliphatic hydroxyl groups is 1. The molecule has 2 aromatic heterocycles. The van der Waals surface area contributed by atoms with Crippen LogP contribution < -0.4 is 0 Å². The topological polar surface area (TPSA) is 38.0 Å². The summed E-state index contributed by atoms with van der Waals surface area (Å²) < 4.78 is 2.12. The Kier molecular flexibility index (Phi) is 2.48. The number of fused-ring (bicyclic) bond motifs is 1. The van der Waals surface area contributed by atoms with Crippen LogP contribution in [0.2, 0.25) is 0 Å². The number of nitrogens with zero attached hydrogens (tertiary/aromatic N) is 2. The van der Waals surface area contributed by atoms with E-state index in [2.05, 4.69) is 22.5 Å². The highest BCUT2D eigenvalue weighted by molar-refractivity contribution is 5.39. The first kappa shape index (κ1) is 10.5. The highest BCUT2D eigenvalue weighted by atomic mass is 16.3. The molecule has 0 saturated heterocycles. The molecule has 0 amide bonds. The Morgan fingerprint density at radius 2 is 2.29 bits per heavy atom. The van der Waals surface area contributed by atoms with Gasteiger partial charge in [0.1, 0.15) is 5.82 Å². The van der Waals surface area contributed by atoms with Crippen LogP contribution in [0.4, 0.5) is 0 Å². The molecule has 2 heterocycles. The molecule has 0 aliphatic heterocycles. The number of aliphatic hydroxyl groups excluding tert-OH is 1. The predicted molar refractivity (Wildman–Crippen MR) is 66.2 cm³/mol. The molecule has 1 atom stereocenters. The van der Waals surface area contributed by atoms with Crippen LogP contribution in [0.15, 0.2) is 30.6 Å². The summed E-state index contributed by atoms with van der Waals surface area (Å²) >= 11 is 0. The van der Waals surface area contributed by atoms with Gasteiger partial charge in [-0.1, -0.05) is 6.07 Å². The Balaban J connectivity index is 2.14. The second-order valence-corrected chi connectivity index (χ2v) is 4.64. The number of rotatable bonds is 1. The summed E-state index contributed by atoms with van der Waals surface area (Å²) in [7, 11) is 0. The van der Waals surface area contributed by atoms with Gasteiger partial charge in [0.05, 0.1) is 6.10 Å². The molecule has 88 valence electrons. The Morgan fingerprint density at radius 1 is 1.41 bits per heavy atom. The molecule has 0 fully saturated rings. The van der Waals surface area contributed by atoms with Gasteiger partial charge < -0.3 is 9.67 Å². The fraction of sp³-hybridized carbons (Fsp3) is 0.357. The summed E-state index contributed by atoms with van der Waals surface area (Å²) in [5, 5.41) is 9.96. The minimum atomic E-state index is -0.302. The molecular weight excluding hydrogens is 212 g/mol. The van der Waals surface area contributed by atoms with Crippen molar-refractivity contribution < 1.29 is 5.11 Å². The highest BCUT2D eigenvalue weighted by Gasteiger charge is 2.22. The first-order valence-electron chi connectivity index (χ1n) is 6.07. The predicted octanol–water partition coefficient (Wildman–Crippen LogP) is 2.55. The Bertz CT molecular complexity index is 545. The minimum Gasteiger partial charge on any atom is -0.388 e. The van der Waals surface area contributed by atoms with Gasteiger partial charge in [0, 0.05) is 23.7 Å². The molecule has 0 aromatic carbocycles. The van der Waals surface area contributed by atoms with E-state index >= 15 is 0 Å². The number of pyridine rings is 1. The first-order valence-corrected chi connectivity index (χ1v) is 6.07. The van der Waals surface area contributed by atoms with E-state index in [9.17, 15) is 5.11 Å². The van der Waals surface area contributed by atoms with Crippen molar-refractivity contribution in [2.24, 2.45) is 0 Å². The quantitative estimate of drug-likeness (QED) is 0.814. The van der Waals surface area contributed by atoms with E-state index < -0.39 is 0 Å². The molecule has 0 saturated carbocycles. The van der Waals surface area contributed by atoms with Crippen molar-refractivity contribution in [3.8, 4) is 5.82 Å². The van der Waals surface area contributed by atoms with Gasteiger partial charge in [0.2, 0.25) is 0 Å². The Morgan fingerprint density at radius 3 is 3.12 bits per heavy atom. The largest absolute Gasteiger partial charge is 0.388 e. The van der Waals surface area contributed by atoms with Crippen LogP contribution in [0.5, 0.6) is 0 Å². The van der Waals surface area contributed by atoms with Crippen LogP contribution >= 0.6 is 0 Å². The van der Waals surface area contributed by atoms with Crippen LogP contribution in [0.25, 0.3) is 5.82 Å². The van der Waals surface area contributed by atoms with Gasteiger partial charge in [-0.05, 0) is 43.9 Å². The Labute approximate surface area is 101 Å². The molecule has 1 aliphatic carbocycles. The smallest absolute Gasteiger partial charge is 0.139 e. The molecule has 1 N–H and O–H groups in total. The van der Waals surface area contributed by atoms with Gasteiger partial charge in [-0.15, -0.1) is 0 Å². The van der Waals surface area contributed by atoms with Gasteiger partial charge in [0.25, 0.3) is 0 Å². The fourth-order valence-corrected chi connectivity index (χ4v) is 2.59. The zero-order valence-electron chi connectivity index (χ0n) is 9.93. The molecule has 0 spiro atoms. The van der Waals surface area contributed by atoms with Gasteiger partial charge in [0.15, 0.2) is 0 Å². The lowest BCUT2D eigenvalue weighted by Crippen LogP contribution is -2.12. The van der Waals surface area contributed by atoms with Gasteiger partial charge in [-0.25, -0.2) is 4.98 Å². The number of hydrogen-bond donors (Lipinski definition) is 1. The van der Waals surface area contributed by atoms with E-state index in [-0.39, 0.29) is 6.10 Å². The van der Waals surface area contributed by atoms with Crippen LogP contribution in [-0.4, -0.2) is 14.7 Å². The second kappa shape index (κ2) is 4.00. The third-order valence-electron chi connectivity index (χ3n) is 3.49. The molecule has 0 radical (unpaired) electrons. The maximum atomic E-state index is 9.96. The molecule has 2 aromatic rings. The fourth-order valence-electron chi connectivity index (χ4n) is 2.59. The number of hydrogen-bond acceptors (Lipinski definition) is 2. The lowest BCUT2D eigenvalue weighted by atomic mass is 9.95.